The van der Waals surface area contributed by atoms with Crippen molar-refractivity contribution in [2.45, 2.75) is 25.7 Å². The Bertz CT molecular complexity index is 645. The maximum absolute atomic E-state index is 9.01. The fraction of sp³-hybridized carbons (Fsp3) is 0.550. The van der Waals surface area contributed by atoms with Gasteiger partial charge >= 0.3 is 0 Å². The number of nitrogens with zero attached hydrogens (tertiary/aromatic N) is 2. The first-order chi connectivity index (χ1) is 12.8. The van der Waals surface area contributed by atoms with Crippen LogP contribution in [-0.2, 0) is 0 Å². The fourth-order valence-electron chi connectivity index (χ4n) is 3.06. The van der Waals surface area contributed by atoms with E-state index in [2.05, 4.69) is 15.2 Å². The molecule has 0 spiro atoms. The number of pyridine rings is 1. The largest absolute Gasteiger partial charge is 0.497 e. The second-order valence-electron chi connectivity index (χ2n) is 6.37. The number of aromatic nitrogens is 1. The van der Waals surface area contributed by atoms with Crippen LogP contribution >= 0.6 is 0 Å². The molecule has 0 fully saturated rings. The highest BCUT2D eigenvalue weighted by Gasteiger charge is 2.04. The van der Waals surface area contributed by atoms with Crippen LogP contribution in [0.5, 0.6) is 5.75 Å². The Morgan fingerprint density at radius 2 is 1.77 bits per heavy atom. The Morgan fingerprint density at radius 1 is 1.00 bits per heavy atom. The second kappa shape index (κ2) is 11.7. The van der Waals surface area contributed by atoms with Crippen molar-refractivity contribution in [3.8, 4) is 5.75 Å². The Hall–Kier alpha value is -1.89. The lowest BCUT2D eigenvalue weighted by Crippen LogP contribution is -2.30. The molecule has 1 aromatic carbocycles. The number of aliphatic hydroxyl groups excluding tert-OH is 2. The molecule has 0 bridgehead atoms. The first-order valence-corrected chi connectivity index (χ1v) is 9.39. The van der Waals surface area contributed by atoms with E-state index in [1.807, 2.05) is 30.5 Å². The Kier molecular flexibility index (Phi) is 9.17. The van der Waals surface area contributed by atoms with Gasteiger partial charge in [0, 0.05) is 36.9 Å². The predicted molar refractivity (Wildman–Crippen MR) is 106 cm³/mol. The number of ether oxygens (including phenoxy) is 1. The molecule has 26 heavy (non-hydrogen) atoms. The summed E-state index contributed by atoms with van der Waals surface area (Å²) in [5.74, 6) is 0.837. The zero-order chi connectivity index (χ0) is 18.6. The fourth-order valence-corrected chi connectivity index (χ4v) is 3.06. The van der Waals surface area contributed by atoms with Gasteiger partial charge in [0.25, 0.3) is 0 Å². The Morgan fingerprint density at radius 3 is 2.50 bits per heavy atom. The quantitative estimate of drug-likeness (QED) is 0.476. The third-order valence-electron chi connectivity index (χ3n) is 4.50. The van der Waals surface area contributed by atoms with Gasteiger partial charge in [-0.25, -0.2) is 0 Å². The zero-order valence-corrected chi connectivity index (χ0v) is 15.7. The van der Waals surface area contributed by atoms with Crippen molar-refractivity contribution < 1.29 is 14.9 Å². The van der Waals surface area contributed by atoms with E-state index in [0.717, 1.165) is 61.1 Å². The number of benzene rings is 1. The van der Waals surface area contributed by atoms with Crippen molar-refractivity contribution in [2.75, 3.05) is 51.8 Å². The number of fused-ring (bicyclic) bond motifs is 1. The molecule has 2 rings (SSSR count). The zero-order valence-electron chi connectivity index (χ0n) is 15.7. The molecule has 1 aromatic heterocycles. The lowest BCUT2D eigenvalue weighted by atomic mass is 10.1. The van der Waals surface area contributed by atoms with Gasteiger partial charge in [0.05, 0.1) is 25.8 Å². The molecule has 0 atom stereocenters. The first kappa shape index (κ1) is 20.4. The van der Waals surface area contributed by atoms with Crippen LogP contribution in [0.3, 0.4) is 0 Å². The Labute approximate surface area is 155 Å². The van der Waals surface area contributed by atoms with Gasteiger partial charge in [0.15, 0.2) is 0 Å². The number of aliphatic hydroxyl groups is 2. The number of methoxy groups -OCH3 is 1. The Balaban J connectivity index is 1.71. The third kappa shape index (κ3) is 6.44. The van der Waals surface area contributed by atoms with E-state index in [4.69, 9.17) is 14.9 Å². The molecule has 6 nitrogen and oxygen atoms in total. The van der Waals surface area contributed by atoms with Crippen LogP contribution in [0.15, 0.2) is 30.5 Å². The summed E-state index contributed by atoms with van der Waals surface area (Å²) >= 11 is 0. The first-order valence-electron chi connectivity index (χ1n) is 9.39. The summed E-state index contributed by atoms with van der Waals surface area (Å²) in [6, 6.07) is 7.92. The van der Waals surface area contributed by atoms with Gasteiger partial charge in [-0.1, -0.05) is 12.8 Å². The molecule has 0 unspecified atom stereocenters. The van der Waals surface area contributed by atoms with Crippen molar-refractivity contribution in [3.63, 3.8) is 0 Å². The van der Waals surface area contributed by atoms with Gasteiger partial charge < -0.3 is 20.3 Å². The topological polar surface area (TPSA) is 77.9 Å². The van der Waals surface area contributed by atoms with Crippen molar-refractivity contribution in [3.05, 3.63) is 30.5 Å². The minimum absolute atomic E-state index is 0.147. The molecule has 0 radical (unpaired) electrons. The monoisotopic (exact) mass is 361 g/mol. The summed E-state index contributed by atoms with van der Waals surface area (Å²) in [7, 11) is 1.67. The summed E-state index contributed by atoms with van der Waals surface area (Å²) < 4.78 is 5.31. The standard InChI is InChI=1S/C20H31N3O3/c1-26-17-6-7-19-18(16-17)20(8-10-22-19)21-9-4-2-3-5-11-23(12-14-24)13-15-25/h6-8,10,16,24-25H,2-5,9,11-15H2,1H3,(H,21,22). The molecule has 0 aliphatic rings. The van der Waals surface area contributed by atoms with Gasteiger partial charge in [-0.05, 0) is 43.7 Å². The summed E-state index contributed by atoms with van der Waals surface area (Å²) in [6.45, 7) is 3.43. The number of nitrogens with one attached hydrogen (secondary N) is 1. The lowest BCUT2D eigenvalue weighted by molar-refractivity contribution is 0.159. The highest BCUT2D eigenvalue weighted by Crippen LogP contribution is 2.25. The number of anilines is 1. The van der Waals surface area contributed by atoms with E-state index in [1.165, 1.54) is 0 Å². The van der Waals surface area contributed by atoms with E-state index in [-0.39, 0.29) is 13.2 Å². The smallest absolute Gasteiger partial charge is 0.119 e. The van der Waals surface area contributed by atoms with Crippen LogP contribution in [0.1, 0.15) is 25.7 Å². The van der Waals surface area contributed by atoms with Gasteiger partial charge in [0.2, 0.25) is 0 Å². The van der Waals surface area contributed by atoms with E-state index in [9.17, 15) is 0 Å². The molecule has 0 aliphatic carbocycles. The minimum Gasteiger partial charge on any atom is -0.497 e. The van der Waals surface area contributed by atoms with Gasteiger partial charge in [-0.15, -0.1) is 0 Å². The number of hydrogen-bond acceptors (Lipinski definition) is 6. The molecule has 2 aromatic rings. The summed E-state index contributed by atoms with van der Waals surface area (Å²) in [5, 5.41) is 22.6. The number of hydrogen-bond donors (Lipinski definition) is 3. The van der Waals surface area contributed by atoms with Crippen LogP contribution in [0.2, 0.25) is 0 Å². The SMILES string of the molecule is COc1ccc2nccc(NCCCCCCN(CCO)CCO)c2c1. The van der Waals surface area contributed by atoms with Crippen LogP contribution in [0.25, 0.3) is 10.9 Å². The van der Waals surface area contributed by atoms with Gasteiger partial charge in [-0.3, -0.25) is 9.88 Å². The summed E-state index contributed by atoms with van der Waals surface area (Å²) in [4.78, 5) is 6.50. The molecular formula is C20H31N3O3. The normalized spacial score (nSPS) is 11.2. The van der Waals surface area contributed by atoms with Crippen LogP contribution in [0.4, 0.5) is 5.69 Å². The maximum atomic E-state index is 9.01. The molecule has 3 N–H and O–H groups in total. The van der Waals surface area contributed by atoms with E-state index in [1.54, 1.807) is 7.11 Å². The van der Waals surface area contributed by atoms with Gasteiger partial charge in [0.1, 0.15) is 5.75 Å². The van der Waals surface area contributed by atoms with Crippen LogP contribution in [0, 0.1) is 0 Å². The molecule has 6 heteroatoms. The highest BCUT2D eigenvalue weighted by atomic mass is 16.5. The average molecular weight is 361 g/mol. The predicted octanol–water partition coefficient (Wildman–Crippen LogP) is 2.50. The number of rotatable bonds is 13. The maximum Gasteiger partial charge on any atom is 0.119 e. The second-order valence-corrected chi connectivity index (χ2v) is 6.37. The average Bonchev–Trinajstić information content (AvgIpc) is 2.67. The molecule has 1 heterocycles. The molecule has 144 valence electrons. The van der Waals surface area contributed by atoms with Crippen molar-refractivity contribution >= 4 is 16.6 Å². The highest BCUT2D eigenvalue weighted by molar-refractivity contribution is 5.92. The van der Waals surface area contributed by atoms with Crippen LogP contribution < -0.4 is 10.1 Å². The van der Waals surface area contributed by atoms with Crippen molar-refractivity contribution in [1.82, 2.24) is 9.88 Å². The molecule has 0 saturated heterocycles. The summed E-state index contributed by atoms with van der Waals surface area (Å²) in [5.41, 5.74) is 2.05. The minimum atomic E-state index is 0.147. The van der Waals surface area contributed by atoms with Crippen molar-refractivity contribution in [2.24, 2.45) is 0 Å². The molecule has 0 saturated carbocycles. The summed E-state index contributed by atoms with van der Waals surface area (Å²) in [6.07, 6.45) is 6.34. The third-order valence-corrected chi connectivity index (χ3v) is 4.50. The molecular weight excluding hydrogens is 330 g/mol. The molecule has 0 amide bonds. The van der Waals surface area contributed by atoms with E-state index >= 15 is 0 Å². The van der Waals surface area contributed by atoms with E-state index in [0.29, 0.717) is 13.1 Å². The number of unbranched alkanes of at least 4 members (excludes halogenated alkanes) is 3. The lowest BCUT2D eigenvalue weighted by Gasteiger charge is -2.19. The van der Waals surface area contributed by atoms with Gasteiger partial charge in [-0.2, -0.15) is 0 Å². The molecule has 0 aliphatic heterocycles. The van der Waals surface area contributed by atoms with Crippen molar-refractivity contribution in [1.29, 1.82) is 0 Å². The van der Waals surface area contributed by atoms with Crippen LogP contribution in [-0.4, -0.2) is 66.6 Å². The van der Waals surface area contributed by atoms with E-state index < -0.39 is 0 Å².